The van der Waals surface area contributed by atoms with Crippen molar-refractivity contribution in [2.24, 2.45) is 5.92 Å². The van der Waals surface area contributed by atoms with E-state index < -0.39 is 26.8 Å². The average molecular weight is 258 g/mol. The summed E-state index contributed by atoms with van der Waals surface area (Å²) in [6, 6.07) is 2.30. The molecular formula is C10H11FN2O3S. The predicted molar refractivity (Wildman–Crippen MR) is 56.9 cm³/mol. The fraction of sp³-hybridized carbons (Fsp3) is 0.400. The van der Waals surface area contributed by atoms with Crippen molar-refractivity contribution in [1.29, 1.82) is 0 Å². The second-order valence-electron chi connectivity index (χ2n) is 4.03. The zero-order valence-electron chi connectivity index (χ0n) is 9.13. The molecule has 1 atom stereocenters. The zero-order chi connectivity index (χ0) is 12.6. The Hall–Kier alpha value is -1.50. The summed E-state index contributed by atoms with van der Waals surface area (Å²) < 4.78 is 38.1. The average Bonchev–Trinajstić information content (AvgIpc) is 2.59. The van der Waals surface area contributed by atoms with Crippen molar-refractivity contribution in [2.75, 3.05) is 6.54 Å². The van der Waals surface area contributed by atoms with Crippen LogP contribution in [0.1, 0.15) is 13.3 Å². The minimum Gasteiger partial charge on any atom is -0.274 e. The Morgan fingerprint density at radius 3 is 2.76 bits per heavy atom. The molecule has 1 fully saturated rings. The van der Waals surface area contributed by atoms with E-state index in [1.54, 1.807) is 6.92 Å². The summed E-state index contributed by atoms with van der Waals surface area (Å²) in [4.78, 5) is 15.0. The monoisotopic (exact) mass is 258 g/mol. The molecule has 0 spiro atoms. The van der Waals surface area contributed by atoms with E-state index in [1.165, 1.54) is 12.3 Å². The molecular weight excluding hydrogens is 247 g/mol. The molecule has 0 aromatic carbocycles. The summed E-state index contributed by atoms with van der Waals surface area (Å²) in [5.74, 6) is -1.51. The van der Waals surface area contributed by atoms with Crippen LogP contribution in [0, 0.1) is 11.7 Å². The summed E-state index contributed by atoms with van der Waals surface area (Å²) in [5.41, 5.74) is 0. The van der Waals surface area contributed by atoms with Crippen LogP contribution in [0.25, 0.3) is 0 Å². The van der Waals surface area contributed by atoms with Gasteiger partial charge in [-0.2, -0.15) is 8.42 Å². The lowest BCUT2D eigenvalue weighted by Gasteiger charge is -2.15. The van der Waals surface area contributed by atoms with Gasteiger partial charge in [0.15, 0.2) is 5.82 Å². The third kappa shape index (κ3) is 2.02. The van der Waals surface area contributed by atoms with Crippen LogP contribution in [0.5, 0.6) is 0 Å². The molecule has 1 amide bonds. The van der Waals surface area contributed by atoms with Gasteiger partial charge in [-0.3, -0.25) is 4.79 Å². The topological polar surface area (TPSA) is 67.3 Å². The number of amides is 1. The minimum absolute atomic E-state index is 0.0518. The van der Waals surface area contributed by atoms with Gasteiger partial charge in [0.25, 0.3) is 10.0 Å². The molecule has 0 saturated carbocycles. The molecule has 1 aromatic heterocycles. The van der Waals surface area contributed by atoms with Gasteiger partial charge in [0.2, 0.25) is 10.9 Å². The standard InChI is InChI=1S/C10H11FN2O3S/c1-7-5-9(14)13(6-7)17(15,16)10-8(11)3-2-4-12-10/h2-4,7H,5-6H2,1H3. The summed E-state index contributed by atoms with van der Waals surface area (Å²) in [7, 11) is -4.15. The van der Waals surface area contributed by atoms with Crippen molar-refractivity contribution >= 4 is 15.9 Å². The van der Waals surface area contributed by atoms with Crippen molar-refractivity contribution in [3.63, 3.8) is 0 Å². The molecule has 1 aliphatic rings. The van der Waals surface area contributed by atoms with Crippen molar-refractivity contribution in [3.05, 3.63) is 24.1 Å². The molecule has 2 rings (SSSR count). The number of halogens is 1. The molecule has 1 unspecified atom stereocenters. The van der Waals surface area contributed by atoms with Gasteiger partial charge in [0.05, 0.1) is 0 Å². The molecule has 2 heterocycles. The summed E-state index contributed by atoms with van der Waals surface area (Å²) in [6.07, 6.45) is 1.34. The molecule has 0 aliphatic carbocycles. The zero-order valence-corrected chi connectivity index (χ0v) is 9.95. The lowest BCUT2D eigenvalue weighted by Crippen LogP contribution is -2.33. The second-order valence-corrected chi connectivity index (χ2v) is 5.81. The first kappa shape index (κ1) is 12.0. The Kier molecular flexibility index (Phi) is 2.86. The lowest BCUT2D eigenvalue weighted by atomic mass is 10.2. The van der Waals surface area contributed by atoms with E-state index in [2.05, 4.69) is 4.98 Å². The fourth-order valence-corrected chi connectivity index (χ4v) is 3.26. The van der Waals surface area contributed by atoms with Gasteiger partial charge >= 0.3 is 0 Å². The van der Waals surface area contributed by atoms with Crippen LogP contribution in [0.4, 0.5) is 4.39 Å². The number of sulfonamides is 1. The quantitative estimate of drug-likeness (QED) is 0.786. The minimum atomic E-state index is -4.15. The molecule has 0 N–H and O–H groups in total. The molecule has 1 aromatic rings. The SMILES string of the molecule is CC1CC(=O)N(S(=O)(=O)c2ncccc2F)C1. The predicted octanol–water partition coefficient (Wildman–Crippen LogP) is 0.778. The van der Waals surface area contributed by atoms with Gasteiger partial charge in [0, 0.05) is 19.2 Å². The molecule has 0 bridgehead atoms. The second kappa shape index (κ2) is 4.06. The third-order valence-corrected chi connectivity index (χ3v) is 4.26. The van der Waals surface area contributed by atoms with Gasteiger partial charge in [-0.25, -0.2) is 13.7 Å². The van der Waals surface area contributed by atoms with Crippen molar-refractivity contribution in [1.82, 2.24) is 9.29 Å². The number of hydrogen-bond acceptors (Lipinski definition) is 4. The van der Waals surface area contributed by atoms with Crippen LogP contribution >= 0.6 is 0 Å². The third-order valence-electron chi connectivity index (χ3n) is 2.54. The van der Waals surface area contributed by atoms with E-state index in [-0.39, 0.29) is 18.9 Å². The van der Waals surface area contributed by atoms with E-state index in [0.29, 0.717) is 4.31 Å². The van der Waals surface area contributed by atoms with E-state index >= 15 is 0 Å². The number of carbonyl (C=O) groups excluding carboxylic acids is 1. The maximum absolute atomic E-state index is 13.4. The molecule has 17 heavy (non-hydrogen) atoms. The summed E-state index contributed by atoms with van der Waals surface area (Å²) in [5, 5.41) is -0.692. The largest absolute Gasteiger partial charge is 0.287 e. The normalized spacial score (nSPS) is 20.9. The molecule has 0 radical (unpaired) electrons. The lowest BCUT2D eigenvalue weighted by molar-refractivity contribution is -0.123. The number of aromatic nitrogens is 1. The van der Waals surface area contributed by atoms with Gasteiger partial charge in [-0.05, 0) is 18.1 Å². The highest BCUT2D eigenvalue weighted by Gasteiger charge is 2.38. The molecule has 5 nitrogen and oxygen atoms in total. The van der Waals surface area contributed by atoms with Crippen molar-refractivity contribution in [2.45, 2.75) is 18.4 Å². The molecule has 7 heteroatoms. The highest BCUT2D eigenvalue weighted by Crippen LogP contribution is 2.25. The first-order valence-electron chi connectivity index (χ1n) is 5.09. The molecule has 1 saturated heterocycles. The van der Waals surface area contributed by atoms with Crippen LogP contribution in [-0.2, 0) is 14.8 Å². The Bertz CT molecular complexity index is 558. The van der Waals surface area contributed by atoms with Crippen LogP contribution in [0.3, 0.4) is 0 Å². The van der Waals surface area contributed by atoms with Crippen LogP contribution in [0.15, 0.2) is 23.4 Å². The number of carbonyl (C=O) groups is 1. The fourth-order valence-electron chi connectivity index (χ4n) is 1.75. The van der Waals surface area contributed by atoms with Gasteiger partial charge < -0.3 is 0 Å². The molecule has 1 aliphatic heterocycles. The number of nitrogens with zero attached hydrogens (tertiary/aromatic N) is 2. The van der Waals surface area contributed by atoms with Crippen molar-refractivity contribution < 1.29 is 17.6 Å². The van der Waals surface area contributed by atoms with E-state index in [9.17, 15) is 17.6 Å². The van der Waals surface area contributed by atoms with Gasteiger partial charge in [-0.15, -0.1) is 0 Å². The Morgan fingerprint density at radius 1 is 1.53 bits per heavy atom. The summed E-state index contributed by atoms with van der Waals surface area (Å²) >= 11 is 0. The van der Waals surface area contributed by atoms with Crippen LogP contribution < -0.4 is 0 Å². The first-order valence-corrected chi connectivity index (χ1v) is 6.53. The van der Waals surface area contributed by atoms with Crippen molar-refractivity contribution in [3.8, 4) is 0 Å². The van der Waals surface area contributed by atoms with Crippen LogP contribution in [0.2, 0.25) is 0 Å². The number of hydrogen-bond donors (Lipinski definition) is 0. The number of rotatable bonds is 2. The number of pyridine rings is 1. The van der Waals surface area contributed by atoms with E-state index in [4.69, 9.17) is 0 Å². The smallest absolute Gasteiger partial charge is 0.274 e. The van der Waals surface area contributed by atoms with Crippen LogP contribution in [-0.4, -0.2) is 30.2 Å². The Balaban J connectivity index is 2.45. The highest BCUT2D eigenvalue weighted by atomic mass is 32.2. The first-order chi connectivity index (χ1) is 7.93. The maximum atomic E-state index is 13.4. The maximum Gasteiger partial charge on any atom is 0.287 e. The van der Waals surface area contributed by atoms with E-state index in [1.807, 2.05) is 0 Å². The molecule has 92 valence electrons. The Labute approximate surface area is 98.3 Å². The Morgan fingerprint density at radius 2 is 2.24 bits per heavy atom. The van der Waals surface area contributed by atoms with Gasteiger partial charge in [0.1, 0.15) is 0 Å². The summed E-state index contributed by atoms with van der Waals surface area (Å²) in [6.45, 7) is 1.85. The van der Waals surface area contributed by atoms with Gasteiger partial charge in [-0.1, -0.05) is 6.92 Å². The highest BCUT2D eigenvalue weighted by molar-refractivity contribution is 7.89. The van der Waals surface area contributed by atoms with E-state index in [0.717, 1.165) is 6.07 Å².